The van der Waals surface area contributed by atoms with E-state index in [1.165, 1.54) is 0 Å². The minimum absolute atomic E-state index is 0.0413. The smallest absolute Gasteiger partial charge is 0.259 e. The number of nitrogens with zero attached hydrogens (tertiary/aromatic N) is 2. The number of aromatic nitrogens is 1. The maximum absolute atomic E-state index is 13.2. The Morgan fingerprint density at radius 2 is 1.66 bits per heavy atom. The summed E-state index contributed by atoms with van der Waals surface area (Å²) >= 11 is 5.93. The number of halogens is 1. The standard InChI is InChI=1S/C28H23ClN2O4/c29-22-9-3-19(4-10-22)25(33)17-35-27-26(20-7-13-24(32)14-8-20)31(28(27)34)23-11-5-18(6-12-23)21-2-1-15-30-16-21/h1-16,25-27,32-33H,17H2/t25-,26-,27-/m1/s1. The molecule has 0 unspecified atom stereocenters. The second-order valence-electron chi connectivity index (χ2n) is 8.35. The predicted molar refractivity (Wildman–Crippen MR) is 134 cm³/mol. The number of aromatic hydroxyl groups is 1. The van der Waals surface area contributed by atoms with Crippen LogP contribution in [0, 0.1) is 0 Å². The first-order chi connectivity index (χ1) is 17.0. The molecule has 35 heavy (non-hydrogen) atoms. The Morgan fingerprint density at radius 3 is 2.31 bits per heavy atom. The SMILES string of the molecule is O=C1[C@H](OC[C@@H](O)c2ccc(Cl)cc2)[C@@H](c2ccc(O)cc2)N1c1ccc(-c2cccnc2)cc1. The van der Waals surface area contributed by atoms with Gasteiger partial charge in [-0.15, -0.1) is 0 Å². The van der Waals surface area contributed by atoms with Crippen molar-refractivity contribution in [2.45, 2.75) is 18.2 Å². The zero-order valence-electron chi connectivity index (χ0n) is 18.7. The summed E-state index contributed by atoms with van der Waals surface area (Å²) in [5.74, 6) is -0.0529. The molecular formula is C28H23ClN2O4. The number of phenols is 1. The molecule has 1 saturated heterocycles. The predicted octanol–water partition coefficient (Wildman–Crippen LogP) is 5.31. The van der Waals surface area contributed by atoms with Crippen LogP contribution in [0.1, 0.15) is 23.3 Å². The summed E-state index contributed by atoms with van der Waals surface area (Å²) in [4.78, 5) is 19.0. The molecule has 0 spiro atoms. The monoisotopic (exact) mass is 486 g/mol. The topological polar surface area (TPSA) is 82.9 Å². The Kier molecular flexibility index (Phi) is 6.51. The highest BCUT2D eigenvalue weighted by atomic mass is 35.5. The summed E-state index contributed by atoms with van der Waals surface area (Å²) in [6.45, 7) is -0.0413. The number of ether oxygens (including phenoxy) is 1. The average Bonchev–Trinajstić information content (AvgIpc) is 2.89. The molecule has 1 aliphatic rings. The van der Waals surface area contributed by atoms with Crippen LogP contribution in [0.25, 0.3) is 11.1 Å². The van der Waals surface area contributed by atoms with E-state index in [2.05, 4.69) is 4.98 Å². The summed E-state index contributed by atoms with van der Waals surface area (Å²) in [6, 6.07) is 24.7. The summed E-state index contributed by atoms with van der Waals surface area (Å²) < 4.78 is 5.93. The summed E-state index contributed by atoms with van der Waals surface area (Å²) in [5.41, 5.74) is 4.20. The van der Waals surface area contributed by atoms with Crippen molar-refractivity contribution < 1.29 is 19.7 Å². The number of amides is 1. The molecule has 2 heterocycles. The third kappa shape index (κ3) is 4.77. The third-order valence-electron chi connectivity index (χ3n) is 6.11. The van der Waals surface area contributed by atoms with E-state index in [1.54, 1.807) is 65.8 Å². The normalized spacial score (nSPS) is 18.2. The first-order valence-corrected chi connectivity index (χ1v) is 11.6. The molecule has 1 aromatic heterocycles. The second-order valence-corrected chi connectivity index (χ2v) is 8.79. The van der Waals surface area contributed by atoms with Gasteiger partial charge in [-0.3, -0.25) is 14.7 Å². The van der Waals surface area contributed by atoms with Gasteiger partial charge in [-0.25, -0.2) is 0 Å². The van der Waals surface area contributed by atoms with Crippen molar-refractivity contribution >= 4 is 23.2 Å². The lowest BCUT2D eigenvalue weighted by molar-refractivity contribution is -0.145. The average molecular weight is 487 g/mol. The van der Waals surface area contributed by atoms with Gasteiger partial charge in [-0.2, -0.15) is 0 Å². The van der Waals surface area contributed by atoms with Crippen LogP contribution in [-0.2, 0) is 9.53 Å². The molecule has 5 rings (SSSR count). The molecule has 0 radical (unpaired) electrons. The molecule has 1 amide bonds. The van der Waals surface area contributed by atoms with Gasteiger partial charge in [-0.05, 0) is 64.7 Å². The molecule has 0 saturated carbocycles. The second kappa shape index (κ2) is 9.88. The van der Waals surface area contributed by atoms with Crippen molar-refractivity contribution in [1.29, 1.82) is 0 Å². The summed E-state index contributed by atoms with van der Waals surface area (Å²) in [6.07, 6.45) is 1.86. The first-order valence-electron chi connectivity index (χ1n) is 11.2. The molecule has 6 nitrogen and oxygen atoms in total. The minimum Gasteiger partial charge on any atom is -0.508 e. The fraction of sp³-hybridized carbons (Fsp3) is 0.143. The van der Waals surface area contributed by atoms with Gasteiger partial charge in [0, 0.05) is 23.1 Å². The van der Waals surface area contributed by atoms with Crippen LogP contribution >= 0.6 is 11.6 Å². The highest BCUT2D eigenvalue weighted by Crippen LogP contribution is 2.42. The van der Waals surface area contributed by atoms with Crippen LogP contribution in [-0.4, -0.2) is 33.8 Å². The molecular weight excluding hydrogens is 464 g/mol. The number of phenolic OH excluding ortho intramolecular Hbond substituents is 1. The van der Waals surface area contributed by atoms with E-state index in [0.717, 1.165) is 22.4 Å². The van der Waals surface area contributed by atoms with E-state index in [0.29, 0.717) is 10.6 Å². The number of rotatable bonds is 7. The number of benzene rings is 3. The Balaban J connectivity index is 1.37. The van der Waals surface area contributed by atoms with Crippen molar-refractivity contribution in [3.63, 3.8) is 0 Å². The largest absolute Gasteiger partial charge is 0.508 e. The van der Waals surface area contributed by atoms with Gasteiger partial charge >= 0.3 is 0 Å². The van der Waals surface area contributed by atoms with E-state index in [4.69, 9.17) is 16.3 Å². The van der Waals surface area contributed by atoms with Crippen molar-refractivity contribution in [2.24, 2.45) is 0 Å². The highest BCUT2D eigenvalue weighted by Gasteiger charge is 2.50. The molecule has 4 aromatic rings. The molecule has 176 valence electrons. The van der Waals surface area contributed by atoms with Gasteiger partial charge in [-0.1, -0.05) is 54.1 Å². The lowest BCUT2D eigenvalue weighted by atomic mass is 9.89. The van der Waals surface area contributed by atoms with Crippen molar-refractivity contribution in [2.75, 3.05) is 11.5 Å². The van der Waals surface area contributed by atoms with Gasteiger partial charge in [0.2, 0.25) is 0 Å². The van der Waals surface area contributed by atoms with Crippen LogP contribution in [0.15, 0.2) is 97.3 Å². The number of carbonyl (C=O) groups excluding carboxylic acids is 1. The Morgan fingerprint density at radius 1 is 0.943 bits per heavy atom. The lowest BCUT2D eigenvalue weighted by Crippen LogP contribution is -2.60. The molecule has 3 aromatic carbocycles. The van der Waals surface area contributed by atoms with E-state index < -0.39 is 18.2 Å². The van der Waals surface area contributed by atoms with Crippen molar-refractivity contribution in [3.8, 4) is 16.9 Å². The number of hydrogen-bond donors (Lipinski definition) is 2. The van der Waals surface area contributed by atoms with Crippen molar-refractivity contribution in [1.82, 2.24) is 4.98 Å². The molecule has 0 aliphatic carbocycles. The molecule has 3 atom stereocenters. The van der Waals surface area contributed by atoms with Gasteiger partial charge in [0.1, 0.15) is 11.9 Å². The molecule has 1 aliphatic heterocycles. The zero-order valence-corrected chi connectivity index (χ0v) is 19.4. The minimum atomic E-state index is -0.895. The Labute approximate surface area is 208 Å². The third-order valence-corrected chi connectivity index (χ3v) is 6.36. The maximum Gasteiger partial charge on any atom is 0.259 e. The maximum atomic E-state index is 13.2. The van der Waals surface area contributed by atoms with Crippen LogP contribution < -0.4 is 4.90 Å². The lowest BCUT2D eigenvalue weighted by Gasteiger charge is -2.47. The number of carbonyl (C=O) groups is 1. The Hall–Kier alpha value is -3.71. The van der Waals surface area contributed by atoms with E-state index in [-0.39, 0.29) is 18.3 Å². The van der Waals surface area contributed by atoms with Crippen molar-refractivity contribution in [3.05, 3.63) is 113 Å². The van der Waals surface area contributed by atoms with Crippen LogP contribution in [0.4, 0.5) is 5.69 Å². The summed E-state index contributed by atoms with van der Waals surface area (Å²) in [5, 5.41) is 20.9. The van der Waals surface area contributed by atoms with Gasteiger partial charge in [0.15, 0.2) is 6.10 Å². The van der Waals surface area contributed by atoms with E-state index >= 15 is 0 Å². The first kappa shape index (κ1) is 23.1. The van der Waals surface area contributed by atoms with E-state index in [1.807, 2.05) is 36.4 Å². The highest BCUT2D eigenvalue weighted by molar-refractivity contribution is 6.30. The zero-order chi connectivity index (χ0) is 24.4. The molecule has 0 bridgehead atoms. The van der Waals surface area contributed by atoms with Crippen LogP contribution in [0.2, 0.25) is 5.02 Å². The van der Waals surface area contributed by atoms with Crippen LogP contribution in [0.3, 0.4) is 0 Å². The van der Waals surface area contributed by atoms with Gasteiger partial charge in [0.05, 0.1) is 12.6 Å². The fourth-order valence-electron chi connectivity index (χ4n) is 4.23. The van der Waals surface area contributed by atoms with Gasteiger partial charge < -0.3 is 14.9 Å². The van der Waals surface area contributed by atoms with Gasteiger partial charge in [0.25, 0.3) is 5.91 Å². The number of β-lactam (4-membered cyclic amide) rings is 1. The Bertz CT molecular complexity index is 1300. The molecule has 2 N–H and O–H groups in total. The number of aliphatic hydroxyl groups excluding tert-OH is 1. The van der Waals surface area contributed by atoms with E-state index in [9.17, 15) is 15.0 Å². The molecule has 1 fully saturated rings. The summed E-state index contributed by atoms with van der Waals surface area (Å²) in [7, 11) is 0. The fourth-order valence-corrected chi connectivity index (χ4v) is 4.36. The quantitative estimate of drug-likeness (QED) is 0.346. The van der Waals surface area contributed by atoms with Crippen LogP contribution in [0.5, 0.6) is 5.75 Å². The number of pyridine rings is 1. The molecule has 7 heteroatoms. The number of hydrogen-bond acceptors (Lipinski definition) is 5. The number of anilines is 1. The number of aliphatic hydroxyl groups is 1.